The van der Waals surface area contributed by atoms with E-state index in [0.717, 1.165) is 63.7 Å². The monoisotopic (exact) mass is 452 g/mol. The molecule has 0 amide bonds. The molecule has 4 rings (SSSR count). The Hall–Kier alpha value is -4.15. The van der Waals surface area contributed by atoms with Gasteiger partial charge in [-0.2, -0.15) is 0 Å². The van der Waals surface area contributed by atoms with Gasteiger partial charge in [-0.1, -0.05) is 78.9 Å². The van der Waals surface area contributed by atoms with Gasteiger partial charge in [0.15, 0.2) is 0 Å². The molecule has 0 unspecified atom stereocenters. The highest BCUT2D eigenvalue weighted by Crippen LogP contribution is 2.35. The van der Waals surface area contributed by atoms with Crippen molar-refractivity contribution in [3.05, 3.63) is 125 Å². The summed E-state index contributed by atoms with van der Waals surface area (Å²) in [6, 6.07) is 29.5. The van der Waals surface area contributed by atoms with Crippen molar-refractivity contribution in [2.24, 2.45) is 0 Å². The molecule has 0 aliphatic carbocycles. The van der Waals surface area contributed by atoms with Gasteiger partial charge in [-0.15, -0.1) is 0 Å². The van der Waals surface area contributed by atoms with Gasteiger partial charge < -0.3 is 16.6 Å². The second-order valence-corrected chi connectivity index (χ2v) is 7.75. The number of hydrogen-bond donors (Lipinski definition) is 3. The summed E-state index contributed by atoms with van der Waals surface area (Å²) in [5.41, 5.74) is 21.8. The van der Waals surface area contributed by atoms with Crippen molar-refractivity contribution in [3.63, 3.8) is 0 Å². The third kappa shape index (κ3) is 6.92. The first-order valence-electron chi connectivity index (χ1n) is 10.9. The van der Waals surface area contributed by atoms with Crippen molar-refractivity contribution < 1.29 is 9.90 Å². The lowest BCUT2D eigenvalue weighted by atomic mass is 9.89. The molecule has 0 radical (unpaired) electrons. The van der Waals surface area contributed by atoms with Crippen LogP contribution in [-0.4, -0.2) is 18.5 Å². The normalized spacial score (nSPS) is 9.65. The minimum absolute atomic E-state index is 0.730. The van der Waals surface area contributed by atoms with Crippen LogP contribution in [0.5, 0.6) is 0 Å². The van der Waals surface area contributed by atoms with E-state index in [9.17, 15) is 4.79 Å². The summed E-state index contributed by atoms with van der Waals surface area (Å²) in [6.45, 7) is 8.35. The van der Waals surface area contributed by atoms with Crippen LogP contribution in [0.4, 0.5) is 11.4 Å². The molecule has 4 aromatic rings. The van der Waals surface area contributed by atoms with Crippen LogP contribution in [0.15, 0.2) is 97.6 Å². The third-order valence-electron chi connectivity index (χ3n) is 5.25. The third-order valence-corrected chi connectivity index (χ3v) is 5.25. The number of aldehydes is 1. The van der Waals surface area contributed by atoms with Gasteiger partial charge in [0.2, 0.25) is 0 Å². The zero-order valence-electron chi connectivity index (χ0n) is 20.0. The van der Waals surface area contributed by atoms with Gasteiger partial charge in [-0.05, 0) is 71.5 Å². The number of aryl methyl sites for hydroxylation is 2. The summed E-state index contributed by atoms with van der Waals surface area (Å²) in [7, 11) is 1.00. The molecule has 0 saturated carbocycles. The lowest BCUT2D eigenvalue weighted by Crippen LogP contribution is -1.96. The number of nitrogen functional groups attached to an aromatic ring is 2. The summed E-state index contributed by atoms with van der Waals surface area (Å²) in [5.74, 6) is 0. The highest BCUT2D eigenvalue weighted by atomic mass is 16.2. The fourth-order valence-electron chi connectivity index (χ4n) is 3.48. The topological polar surface area (TPSA) is 89.3 Å². The van der Waals surface area contributed by atoms with E-state index in [1.807, 2.05) is 73.7 Å². The quantitative estimate of drug-likeness (QED) is 0.250. The number of carbonyl (C=O) groups excluding carboxylic acids is 1. The number of rotatable bonds is 4. The smallest absolute Gasteiger partial charge is 0.150 e. The van der Waals surface area contributed by atoms with Crippen LogP contribution in [0.3, 0.4) is 0 Å². The van der Waals surface area contributed by atoms with Gasteiger partial charge in [-0.3, -0.25) is 4.79 Å². The predicted octanol–water partition coefficient (Wildman–Crippen LogP) is 6.30. The van der Waals surface area contributed by atoms with Gasteiger partial charge in [0.25, 0.3) is 0 Å². The SMILES string of the molecule is C=C(c1ccccc1)c1cc(N)ccc1-c1ccc(N)cc1C.CO.Cc1ccc(C=O)cc1. The molecule has 4 heteroatoms. The maximum atomic E-state index is 10.1. The first-order chi connectivity index (χ1) is 16.4. The Morgan fingerprint density at radius 2 is 1.32 bits per heavy atom. The molecular formula is C30H32N2O2. The van der Waals surface area contributed by atoms with Crippen molar-refractivity contribution in [1.82, 2.24) is 0 Å². The number of aliphatic hydroxyl groups is 1. The predicted molar refractivity (Wildman–Crippen MR) is 145 cm³/mol. The highest BCUT2D eigenvalue weighted by Gasteiger charge is 2.12. The Morgan fingerprint density at radius 3 is 1.88 bits per heavy atom. The molecule has 0 bridgehead atoms. The summed E-state index contributed by atoms with van der Waals surface area (Å²) in [4.78, 5) is 10.1. The maximum absolute atomic E-state index is 10.1. The average molecular weight is 453 g/mol. The Kier molecular flexibility index (Phi) is 9.81. The van der Waals surface area contributed by atoms with Gasteiger partial charge in [0, 0.05) is 24.0 Å². The number of benzene rings is 4. The molecule has 0 fully saturated rings. The Morgan fingerprint density at radius 1 is 0.765 bits per heavy atom. The van der Waals surface area contributed by atoms with Crippen LogP contribution in [0.2, 0.25) is 0 Å². The van der Waals surface area contributed by atoms with E-state index in [4.69, 9.17) is 16.6 Å². The Bertz CT molecular complexity index is 1230. The van der Waals surface area contributed by atoms with E-state index in [-0.39, 0.29) is 0 Å². The van der Waals surface area contributed by atoms with E-state index >= 15 is 0 Å². The number of anilines is 2. The molecule has 0 heterocycles. The highest BCUT2D eigenvalue weighted by molar-refractivity contribution is 5.90. The lowest BCUT2D eigenvalue weighted by Gasteiger charge is -2.16. The fourth-order valence-corrected chi connectivity index (χ4v) is 3.48. The molecule has 0 atom stereocenters. The second-order valence-electron chi connectivity index (χ2n) is 7.75. The lowest BCUT2D eigenvalue weighted by molar-refractivity contribution is 0.112. The Balaban J connectivity index is 0.000000311. The maximum Gasteiger partial charge on any atom is 0.150 e. The van der Waals surface area contributed by atoms with Crippen LogP contribution in [0.25, 0.3) is 16.7 Å². The molecule has 4 aromatic carbocycles. The molecule has 0 aliphatic heterocycles. The zero-order chi connectivity index (χ0) is 25.1. The second kappa shape index (κ2) is 12.8. The molecule has 0 aromatic heterocycles. The zero-order valence-corrected chi connectivity index (χ0v) is 20.0. The number of carbonyl (C=O) groups is 1. The van der Waals surface area contributed by atoms with Crippen molar-refractivity contribution in [2.75, 3.05) is 18.6 Å². The average Bonchev–Trinajstić information content (AvgIpc) is 2.86. The molecule has 34 heavy (non-hydrogen) atoms. The van der Waals surface area contributed by atoms with E-state index in [2.05, 4.69) is 37.8 Å². The van der Waals surface area contributed by atoms with Crippen LogP contribution in [0, 0.1) is 13.8 Å². The van der Waals surface area contributed by atoms with Crippen molar-refractivity contribution in [2.45, 2.75) is 13.8 Å². The molecule has 4 nitrogen and oxygen atoms in total. The molecule has 5 N–H and O–H groups in total. The van der Waals surface area contributed by atoms with Crippen LogP contribution >= 0.6 is 0 Å². The van der Waals surface area contributed by atoms with Crippen LogP contribution in [0.1, 0.15) is 32.6 Å². The van der Waals surface area contributed by atoms with Gasteiger partial charge in [-0.25, -0.2) is 0 Å². The summed E-state index contributed by atoms with van der Waals surface area (Å²) < 4.78 is 0. The van der Waals surface area contributed by atoms with Gasteiger partial charge >= 0.3 is 0 Å². The number of hydrogen-bond acceptors (Lipinski definition) is 4. The van der Waals surface area contributed by atoms with Crippen molar-refractivity contribution in [1.29, 1.82) is 0 Å². The fraction of sp³-hybridized carbons (Fsp3) is 0.100. The number of nitrogens with two attached hydrogens (primary N) is 2. The van der Waals surface area contributed by atoms with Crippen molar-refractivity contribution >= 4 is 23.2 Å². The molecule has 0 spiro atoms. The summed E-state index contributed by atoms with van der Waals surface area (Å²) in [5, 5.41) is 7.00. The molecule has 0 aliphatic rings. The number of aliphatic hydroxyl groups excluding tert-OH is 1. The van der Waals surface area contributed by atoms with E-state index in [1.54, 1.807) is 0 Å². The van der Waals surface area contributed by atoms with Crippen molar-refractivity contribution in [3.8, 4) is 11.1 Å². The molecular weight excluding hydrogens is 420 g/mol. The first-order valence-corrected chi connectivity index (χ1v) is 10.9. The summed E-state index contributed by atoms with van der Waals surface area (Å²) >= 11 is 0. The summed E-state index contributed by atoms with van der Waals surface area (Å²) in [6.07, 6.45) is 0.847. The molecule has 0 saturated heterocycles. The van der Waals surface area contributed by atoms with Gasteiger partial charge in [0.1, 0.15) is 6.29 Å². The van der Waals surface area contributed by atoms with E-state index < -0.39 is 0 Å². The largest absolute Gasteiger partial charge is 0.400 e. The Labute approximate surface area is 202 Å². The van der Waals surface area contributed by atoms with E-state index in [0.29, 0.717) is 0 Å². The molecule has 174 valence electrons. The minimum Gasteiger partial charge on any atom is -0.400 e. The van der Waals surface area contributed by atoms with Crippen LogP contribution in [-0.2, 0) is 0 Å². The van der Waals surface area contributed by atoms with Crippen LogP contribution < -0.4 is 11.5 Å². The first kappa shape index (κ1) is 26.1. The minimum atomic E-state index is 0.730. The van der Waals surface area contributed by atoms with E-state index in [1.165, 1.54) is 5.56 Å². The standard InChI is InChI=1S/C21H20N2.C8H8O.CH4O/c1-14-12-17(22)8-10-19(14)20-11-9-18(23)13-21(20)15(2)16-6-4-3-5-7-16;1-7-2-4-8(6-9)5-3-7;1-2/h3-13H,2,22-23H2,1H3;2-6H,1H3;2H,1H3. The van der Waals surface area contributed by atoms with Gasteiger partial charge in [0.05, 0.1) is 0 Å².